The third-order valence-electron chi connectivity index (χ3n) is 4.38. The molecule has 1 aromatic heterocycles. The van der Waals surface area contributed by atoms with E-state index in [2.05, 4.69) is 32.4 Å². The van der Waals surface area contributed by atoms with Gasteiger partial charge in [0.25, 0.3) is 0 Å². The van der Waals surface area contributed by atoms with Crippen molar-refractivity contribution in [2.75, 3.05) is 39.8 Å². The van der Waals surface area contributed by atoms with Crippen LogP contribution in [0.3, 0.4) is 0 Å². The van der Waals surface area contributed by atoms with E-state index < -0.39 is 0 Å². The number of hydrogen-bond acceptors (Lipinski definition) is 5. The van der Waals surface area contributed by atoms with Gasteiger partial charge in [0.15, 0.2) is 5.96 Å². The van der Waals surface area contributed by atoms with E-state index in [1.807, 2.05) is 6.20 Å². The van der Waals surface area contributed by atoms with Crippen molar-refractivity contribution in [2.45, 2.75) is 32.6 Å². The summed E-state index contributed by atoms with van der Waals surface area (Å²) in [5, 5.41) is 7.80. The summed E-state index contributed by atoms with van der Waals surface area (Å²) in [7, 11) is 1.78. The molecule has 0 bridgehead atoms. The van der Waals surface area contributed by atoms with Crippen molar-refractivity contribution < 1.29 is 4.79 Å². The molecule has 1 atom stereocenters. The highest BCUT2D eigenvalue weighted by molar-refractivity contribution is 14.0. The fraction of sp³-hybridized carbons (Fsp3) is 0.706. The lowest BCUT2D eigenvalue weighted by Crippen LogP contribution is -2.43. The molecule has 2 heterocycles. The van der Waals surface area contributed by atoms with Crippen molar-refractivity contribution in [3.8, 4) is 0 Å². The van der Waals surface area contributed by atoms with E-state index in [9.17, 15) is 4.79 Å². The molecule has 1 amide bonds. The number of aryl methyl sites for hydroxylation is 1. The van der Waals surface area contributed by atoms with Crippen molar-refractivity contribution >= 4 is 47.2 Å². The Labute approximate surface area is 177 Å². The van der Waals surface area contributed by atoms with Gasteiger partial charge < -0.3 is 21.3 Å². The Kier molecular flexibility index (Phi) is 11.1. The molecule has 9 heteroatoms. The lowest BCUT2D eigenvalue weighted by atomic mass is 9.97. The molecule has 0 aliphatic carbocycles. The van der Waals surface area contributed by atoms with E-state index in [0.29, 0.717) is 0 Å². The molecule has 148 valence electrons. The topological polar surface area (TPSA) is 95.6 Å². The number of amides is 1. The predicted molar refractivity (Wildman–Crippen MR) is 118 cm³/mol. The molecule has 1 fully saturated rings. The fourth-order valence-electron chi connectivity index (χ4n) is 3.03. The van der Waals surface area contributed by atoms with E-state index in [1.54, 1.807) is 18.4 Å². The van der Waals surface area contributed by atoms with E-state index in [4.69, 9.17) is 5.73 Å². The number of guanidine groups is 1. The van der Waals surface area contributed by atoms with Crippen LogP contribution in [0.1, 0.15) is 29.1 Å². The first-order valence-corrected chi connectivity index (χ1v) is 9.77. The normalized spacial score (nSPS) is 18.2. The van der Waals surface area contributed by atoms with Gasteiger partial charge in [-0.3, -0.25) is 9.79 Å². The standard InChI is InChI=1S/C17H30N6OS.HI/c1-13-11-22-15(25-13)6-8-21-17(19-2)20-7-4-10-23-9-3-5-14(12-23)16(18)24;/h11,14H,3-10,12H2,1-2H3,(H2,18,24)(H2,19,20,21);1H. The fourth-order valence-corrected chi connectivity index (χ4v) is 3.81. The van der Waals surface area contributed by atoms with Gasteiger partial charge in [-0.15, -0.1) is 35.3 Å². The van der Waals surface area contributed by atoms with Crippen LogP contribution in [0.2, 0.25) is 0 Å². The molecule has 7 nitrogen and oxygen atoms in total. The number of piperidine rings is 1. The van der Waals surface area contributed by atoms with E-state index >= 15 is 0 Å². The number of thiazole rings is 1. The number of carbonyl (C=O) groups excluding carboxylic acids is 1. The number of likely N-dealkylation sites (tertiary alicyclic amines) is 1. The van der Waals surface area contributed by atoms with Gasteiger partial charge in [0.05, 0.1) is 10.9 Å². The molecule has 0 radical (unpaired) electrons. The van der Waals surface area contributed by atoms with Crippen LogP contribution < -0.4 is 16.4 Å². The highest BCUT2D eigenvalue weighted by Crippen LogP contribution is 2.15. The van der Waals surface area contributed by atoms with Crippen molar-refractivity contribution in [1.82, 2.24) is 20.5 Å². The Morgan fingerprint density at radius 2 is 2.23 bits per heavy atom. The Bertz CT molecular complexity index is 579. The Balaban J connectivity index is 0.00000338. The van der Waals surface area contributed by atoms with Gasteiger partial charge in [-0.2, -0.15) is 0 Å². The molecule has 0 aromatic carbocycles. The quantitative estimate of drug-likeness (QED) is 0.220. The third-order valence-corrected chi connectivity index (χ3v) is 5.35. The van der Waals surface area contributed by atoms with Crippen LogP contribution >= 0.6 is 35.3 Å². The number of primary amides is 1. The second-order valence-electron chi connectivity index (χ2n) is 6.44. The molecule has 1 aromatic rings. The van der Waals surface area contributed by atoms with Gasteiger partial charge in [0, 0.05) is 44.2 Å². The lowest BCUT2D eigenvalue weighted by Gasteiger charge is -2.31. The summed E-state index contributed by atoms with van der Waals surface area (Å²) in [6, 6.07) is 0. The van der Waals surface area contributed by atoms with E-state index in [1.165, 1.54) is 4.88 Å². The Morgan fingerprint density at radius 1 is 1.46 bits per heavy atom. The van der Waals surface area contributed by atoms with Gasteiger partial charge in [0.1, 0.15) is 0 Å². The van der Waals surface area contributed by atoms with Crippen LogP contribution in [0.15, 0.2) is 11.2 Å². The van der Waals surface area contributed by atoms with Gasteiger partial charge in [-0.25, -0.2) is 4.98 Å². The van der Waals surface area contributed by atoms with Gasteiger partial charge in [0.2, 0.25) is 5.91 Å². The number of carbonyl (C=O) groups is 1. The minimum absolute atomic E-state index is 0. The largest absolute Gasteiger partial charge is 0.369 e. The van der Waals surface area contributed by atoms with Crippen LogP contribution in [0.5, 0.6) is 0 Å². The Hall–Kier alpha value is -0.940. The number of halogens is 1. The van der Waals surface area contributed by atoms with Crippen molar-refractivity contribution in [3.05, 3.63) is 16.1 Å². The molecule has 4 N–H and O–H groups in total. The maximum Gasteiger partial charge on any atom is 0.221 e. The Morgan fingerprint density at radius 3 is 2.88 bits per heavy atom. The summed E-state index contributed by atoms with van der Waals surface area (Å²) in [5.41, 5.74) is 5.43. The minimum atomic E-state index is -0.164. The number of aliphatic imine (C=N–C) groups is 1. The molecule has 1 unspecified atom stereocenters. The second-order valence-corrected chi connectivity index (χ2v) is 7.76. The first kappa shape index (κ1) is 23.1. The molecule has 2 rings (SSSR count). The maximum absolute atomic E-state index is 11.3. The number of rotatable bonds is 8. The summed E-state index contributed by atoms with van der Waals surface area (Å²) < 4.78 is 0. The summed E-state index contributed by atoms with van der Waals surface area (Å²) in [6.07, 6.45) is 5.82. The third kappa shape index (κ3) is 8.17. The highest BCUT2D eigenvalue weighted by atomic mass is 127. The van der Waals surface area contributed by atoms with Crippen LogP contribution in [0, 0.1) is 12.8 Å². The van der Waals surface area contributed by atoms with Gasteiger partial charge >= 0.3 is 0 Å². The molecule has 0 spiro atoms. The number of nitrogens with two attached hydrogens (primary N) is 1. The highest BCUT2D eigenvalue weighted by Gasteiger charge is 2.23. The molecular formula is C17H31IN6OS. The molecule has 1 aliphatic rings. The number of nitrogens with zero attached hydrogens (tertiary/aromatic N) is 3. The number of nitrogens with one attached hydrogen (secondary N) is 2. The first-order valence-electron chi connectivity index (χ1n) is 8.96. The predicted octanol–water partition coefficient (Wildman–Crippen LogP) is 1.36. The number of hydrogen-bond donors (Lipinski definition) is 3. The van der Waals surface area contributed by atoms with Crippen molar-refractivity contribution in [2.24, 2.45) is 16.6 Å². The zero-order chi connectivity index (χ0) is 18.1. The van der Waals surface area contributed by atoms with Crippen LogP contribution in [0.4, 0.5) is 0 Å². The first-order chi connectivity index (χ1) is 12.1. The second kappa shape index (κ2) is 12.4. The molecule has 1 saturated heterocycles. The zero-order valence-corrected chi connectivity index (χ0v) is 18.8. The summed E-state index contributed by atoms with van der Waals surface area (Å²) >= 11 is 1.74. The zero-order valence-electron chi connectivity index (χ0n) is 15.7. The summed E-state index contributed by atoms with van der Waals surface area (Å²) in [4.78, 5) is 23.5. The molecule has 1 aliphatic heterocycles. The van der Waals surface area contributed by atoms with Crippen LogP contribution in [0.25, 0.3) is 0 Å². The smallest absolute Gasteiger partial charge is 0.221 e. The summed E-state index contributed by atoms with van der Waals surface area (Å²) in [5.74, 6) is 0.676. The summed E-state index contributed by atoms with van der Waals surface area (Å²) in [6.45, 7) is 6.58. The van der Waals surface area contributed by atoms with E-state index in [0.717, 1.165) is 69.4 Å². The van der Waals surface area contributed by atoms with Crippen LogP contribution in [-0.2, 0) is 11.2 Å². The maximum atomic E-state index is 11.3. The van der Waals surface area contributed by atoms with Gasteiger partial charge in [-0.1, -0.05) is 0 Å². The SMILES string of the molecule is CN=C(NCCCN1CCCC(C(N)=O)C1)NCCc1ncc(C)s1.I. The average molecular weight is 494 g/mol. The van der Waals surface area contributed by atoms with Crippen molar-refractivity contribution in [3.63, 3.8) is 0 Å². The molecule has 0 saturated carbocycles. The molecule has 26 heavy (non-hydrogen) atoms. The van der Waals surface area contributed by atoms with Crippen LogP contribution in [-0.4, -0.2) is 61.5 Å². The van der Waals surface area contributed by atoms with E-state index in [-0.39, 0.29) is 35.8 Å². The molecular weight excluding hydrogens is 463 g/mol. The van der Waals surface area contributed by atoms with Gasteiger partial charge in [-0.05, 0) is 39.3 Å². The minimum Gasteiger partial charge on any atom is -0.369 e. The average Bonchev–Trinajstić information content (AvgIpc) is 3.02. The monoisotopic (exact) mass is 494 g/mol. The number of aromatic nitrogens is 1. The lowest BCUT2D eigenvalue weighted by molar-refractivity contribution is -0.123. The van der Waals surface area contributed by atoms with Crippen molar-refractivity contribution in [1.29, 1.82) is 0 Å².